The minimum atomic E-state index is -0.837. The zero-order chi connectivity index (χ0) is 21.1. The average Bonchev–Trinajstić information content (AvgIpc) is 3.02. The Morgan fingerprint density at radius 3 is 2.40 bits per heavy atom. The standard InChI is InChI=1S/C23H18N2O4S/c26-19(16-8-2-1-3-9-16)14-25-22(28)20(30-23(25)29)13-21(27)24-18-12-6-10-15-7-4-5-11-17(15)18/h1-12,20H,13-14H2,(H,24,27)/t20-/m0/s1. The lowest BCUT2D eigenvalue weighted by molar-refractivity contribution is -0.128. The number of imide groups is 1. The van der Waals surface area contributed by atoms with Gasteiger partial charge in [-0.25, -0.2) is 0 Å². The van der Waals surface area contributed by atoms with Crippen molar-refractivity contribution in [2.45, 2.75) is 11.7 Å². The Morgan fingerprint density at radius 2 is 1.60 bits per heavy atom. The minimum absolute atomic E-state index is 0.144. The zero-order valence-electron chi connectivity index (χ0n) is 15.9. The molecule has 4 rings (SSSR count). The number of rotatable bonds is 6. The van der Waals surface area contributed by atoms with Gasteiger partial charge in [0.15, 0.2) is 5.78 Å². The summed E-state index contributed by atoms with van der Waals surface area (Å²) >= 11 is 0.786. The Morgan fingerprint density at radius 1 is 0.900 bits per heavy atom. The Balaban J connectivity index is 1.41. The summed E-state index contributed by atoms with van der Waals surface area (Å²) in [5.41, 5.74) is 1.08. The van der Waals surface area contributed by atoms with E-state index in [1.165, 1.54) is 0 Å². The van der Waals surface area contributed by atoms with Crippen LogP contribution in [0.5, 0.6) is 0 Å². The first-order valence-corrected chi connectivity index (χ1v) is 10.3. The van der Waals surface area contributed by atoms with Gasteiger partial charge in [0.05, 0.1) is 6.54 Å². The highest BCUT2D eigenvalue weighted by Gasteiger charge is 2.41. The van der Waals surface area contributed by atoms with Crippen molar-refractivity contribution in [1.29, 1.82) is 0 Å². The molecule has 0 radical (unpaired) electrons. The third-order valence-electron chi connectivity index (χ3n) is 4.84. The Kier molecular flexibility index (Phi) is 5.63. The van der Waals surface area contributed by atoms with Crippen molar-refractivity contribution in [1.82, 2.24) is 4.90 Å². The van der Waals surface area contributed by atoms with Crippen LogP contribution in [0.1, 0.15) is 16.8 Å². The second kappa shape index (κ2) is 8.51. The van der Waals surface area contributed by atoms with Gasteiger partial charge in [0.25, 0.3) is 5.24 Å². The van der Waals surface area contributed by atoms with E-state index >= 15 is 0 Å². The normalized spacial score (nSPS) is 16.1. The molecule has 0 aliphatic carbocycles. The summed E-state index contributed by atoms with van der Waals surface area (Å²) in [7, 11) is 0. The van der Waals surface area contributed by atoms with Crippen molar-refractivity contribution >= 4 is 51.1 Å². The van der Waals surface area contributed by atoms with Gasteiger partial charge >= 0.3 is 0 Å². The van der Waals surface area contributed by atoms with Crippen molar-refractivity contribution < 1.29 is 19.2 Å². The van der Waals surface area contributed by atoms with Crippen LogP contribution >= 0.6 is 11.8 Å². The maximum absolute atomic E-state index is 12.6. The molecule has 0 aromatic heterocycles. The number of thioether (sulfide) groups is 1. The van der Waals surface area contributed by atoms with E-state index in [1.807, 2.05) is 36.4 Å². The molecule has 150 valence electrons. The fourth-order valence-corrected chi connectivity index (χ4v) is 4.32. The highest BCUT2D eigenvalue weighted by atomic mass is 32.2. The van der Waals surface area contributed by atoms with Crippen LogP contribution in [0.4, 0.5) is 10.5 Å². The molecule has 1 atom stereocenters. The molecule has 1 fully saturated rings. The predicted octanol–water partition coefficient (Wildman–Crippen LogP) is 4.12. The number of nitrogens with one attached hydrogen (secondary N) is 1. The first-order chi connectivity index (χ1) is 14.5. The molecule has 1 aliphatic heterocycles. The lowest BCUT2D eigenvalue weighted by Crippen LogP contribution is -2.36. The van der Waals surface area contributed by atoms with Gasteiger partial charge in [0.2, 0.25) is 11.8 Å². The SMILES string of the molecule is O=C(C[C@@H]1SC(=O)N(CC(=O)c2ccccc2)C1=O)Nc1cccc2ccccc12. The number of amides is 3. The van der Waals surface area contributed by atoms with Gasteiger partial charge in [0, 0.05) is 23.1 Å². The summed E-state index contributed by atoms with van der Waals surface area (Å²) in [6.07, 6.45) is -0.144. The molecule has 1 heterocycles. The number of benzene rings is 3. The summed E-state index contributed by atoms with van der Waals surface area (Å²) < 4.78 is 0. The molecule has 7 heteroatoms. The van der Waals surface area contributed by atoms with E-state index in [-0.39, 0.29) is 24.7 Å². The molecular weight excluding hydrogens is 400 g/mol. The van der Waals surface area contributed by atoms with Crippen LogP contribution in [0.25, 0.3) is 10.8 Å². The van der Waals surface area contributed by atoms with E-state index in [1.54, 1.807) is 36.4 Å². The highest BCUT2D eigenvalue weighted by Crippen LogP contribution is 2.30. The lowest BCUT2D eigenvalue weighted by Gasteiger charge is -2.13. The van der Waals surface area contributed by atoms with Gasteiger partial charge < -0.3 is 5.32 Å². The number of Topliss-reactive ketones (excluding diaryl/α,β-unsaturated/α-hetero) is 1. The van der Waals surface area contributed by atoms with Crippen molar-refractivity contribution in [2.24, 2.45) is 0 Å². The third-order valence-corrected chi connectivity index (χ3v) is 5.91. The van der Waals surface area contributed by atoms with Crippen LogP contribution in [-0.2, 0) is 9.59 Å². The Bertz CT molecular complexity index is 1140. The van der Waals surface area contributed by atoms with Crippen LogP contribution in [-0.4, -0.2) is 39.5 Å². The maximum Gasteiger partial charge on any atom is 0.289 e. The summed E-state index contributed by atoms with van der Waals surface area (Å²) in [5.74, 6) is -1.19. The van der Waals surface area contributed by atoms with Crippen LogP contribution in [0, 0.1) is 0 Å². The number of anilines is 1. The van der Waals surface area contributed by atoms with Crippen LogP contribution in [0.2, 0.25) is 0 Å². The van der Waals surface area contributed by atoms with Crippen molar-refractivity contribution in [3.8, 4) is 0 Å². The van der Waals surface area contributed by atoms with E-state index in [9.17, 15) is 19.2 Å². The largest absolute Gasteiger partial charge is 0.325 e. The van der Waals surface area contributed by atoms with Crippen molar-refractivity contribution in [3.63, 3.8) is 0 Å². The predicted molar refractivity (Wildman–Crippen MR) is 116 cm³/mol. The molecule has 0 bridgehead atoms. The van der Waals surface area contributed by atoms with Gasteiger partial charge in [-0.2, -0.15) is 0 Å². The fraction of sp³-hybridized carbons (Fsp3) is 0.130. The van der Waals surface area contributed by atoms with Crippen LogP contribution in [0.15, 0.2) is 72.8 Å². The second-order valence-corrected chi connectivity index (χ2v) is 8.02. The molecule has 1 N–H and O–H groups in total. The third kappa shape index (κ3) is 4.11. The van der Waals surface area contributed by atoms with Crippen molar-refractivity contribution in [2.75, 3.05) is 11.9 Å². The smallest absolute Gasteiger partial charge is 0.289 e. The van der Waals surface area contributed by atoms with Gasteiger partial charge in [-0.3, -0.25) is 24.1 Å². The number of ketones is 1. The number of carbonyl (C=O) groups excluding carboxylic acids is 4. The van der Waals surface area contributed by atoms with Gasteiger partial charge in [-0.05, 0) is 11.5 Å². The molecule has 3 amide bonds. The summed E-state index contributed by atoms with van der Waals surface area (Å²) in [5, 5.41) is 3.37. The van der Waals surface area contributed by atoms with E-state index in [0.717, 1.165) is 27.4 Å². The monoisotopic (exact) mass is 418 g/mol. The first-order valence-electron chi connectivity index (χ1n) is 9.41. The second-order valence-electron chi connectivity index (χ2n) is 6.86. The van der Waals surface area contributed by atoms with Crippen LogP contribution < -0.4 is 5.32 Å². The molecule has 0 unspecified atom stereocenters. The van der Waals surface area contributed by atoms with Crippen LogP contribution in [0.3, 0.4) is 0 Å². The molecule has 3 aromatic carbocycles. The summed E-state index contributed by atoms with van der Waals surface area (Å²) in [6, 6.07) is 21.7. The Labute approximate surface area is 177 Å². The molecule has 3 aromatic rings. The van der Waals surface area contributed by atoms with Crippen molar-refractivity contribution in [3.05, 3.63) is 78.4 Å². The van der Waals surface area contributed by atoms with Gasteiger partial charge in [-0.15, -0.1) is 0 Å². The van der Waals surface area contributed by atoms with Gasteiger partial charge in [-0.1, -0.05) is 78.5 Å². The summed E-state index contributed by atoms with van der Waals surface area (Å²) in [6.45, 7) is -0.323. The average molecular weight is 418 g/mol. The Hall–Kier alpha value is -3.45. The van der Waals surface area contributed by atoms with E-state index < -0.39 is 16.4 Å². The molecule has 30 heavy (non-hydrogen) atoms. The highest BCUT2D eigenvalue weighted by molar-refractivity contribution is 8.15. The molecule has 1 saturated heterocycles. The lowest BCUT2D eigenvalue weighted by atomic mass is 10.1. The number of hydrogen-bond acceptors (Lipinski definition) is 5. The van der Waals surface area contributed by atoms with E-state index in [0.29, 0.717) is 11.3 Å². The minimum Gasteiger partial charge on any atom is -0.325 e. The van der Waals surface area contributed by atoms with E-state index in [2.05, 4.69) is 5.32 Å². The fourth-order valence-electron chi connectivity index (χ4n) is 3.33. The molecule has 1 aliphatic rings. The molecule has 0 saturated carbocycles. The molecular formula is C23H18N2O4S. The maximum atomic E-state index is 12.6. The van der Waals surface area contributed by atoms with E-state index in [4.69, 9.17) is 0 Å². The quantitative estimate of drug-likeness (QED) is 0.609. The first kappa shape index (κ1) is 19.8. The number of nitrogens with zero attached hydrogens (tertiary/aromatic N) is 1. The summed E-state index contributed by atoms with van der Waals surface area (Å²) in [4.78, 5) is 50.7. The zero-order valence-corrected chi connectivity index (χ0v) is 16.7. The molecule has 6 nitrogen and oxygen atoms in total. The number of carbonyl (C=O) groups is 4. The number of fused-ring (bicyclic) bond motifs is 1. The number of hydrogen-bond donors (Lipinski definition) is 1. The topological polar surface area (TPSA) is 83.6 Å². The molecule has 0 spiro atoms. The van der Waals surface area contributed by atoms with Gasteiger partial charge in [0.1, 0.15) is 5.25 Å².